The van der Waals surface area contributed by atoms with E-state index >= 15 is 0 Å². The van der Waals surface area contributed by atoms with Crippen LogP contribution >= 0.6 is 11.6 Å². The highest BCUT2D eigenvalue weighted by molar-refractivity contribution is 6.30. The lowest BCUT2D eigenvalue weighted by molar-refractivity contribution is -0.129. The molecule has 112 valence electrons. The number of aryl methyl sites for hydroxylation is 1. The fourth-order valence-corrected chi connectivity index (χ4v) is 2.09. The van der Waals surface area contributed by atoms with Crippen LogP contribution in [0.15, 0.2) is 30.6 Å². The number of aliphatic hydroxyl groups is 1. The summed E-state index contributed by atoms with van der Waals surface area (Å²) in [5, 5.41) is 13.2. The summed E-state index contributed by atoms with van der Waals surface area (Å²) in [6.45, 7) is 4.97. The minimum absolute atomic E-state index is 0.424. The number of aromatic nitrogens is 2. The third kappa shape index (κ3) is 3.83. The van der Waals surface area contributed by atoms with E-state index in [2.05, 4.69) is 10.3 Å². The first-order valence-electron chi connectivity index (χ1n) is 6.68. The molecule has 0 saturated carbocycles. The van der Waals surface area contributed by atoms with Crippen molar-refractivity contribution in [3.63, 3.8) is 0 Å². The predicted molar refractivity (Wildman–Crippen MR) is 81.1 cm³/mol. The van der Waals surface area contributed by atoms with E-state index in [0.29, 0.717) is 23.7 Å². The van der Waals surface area contributed by atoms with Crippen molar-refractivity contribution < 1.29 is 9.90 Å². The van der Waals surface area contributed by atoms with E-state index < -0.39 is 12.0 Å². The normalized spacial score (nSPS) is 12.2. The van der Waals surface area contributed by atoms with Gasteiger partial charge in [-0.25, -0.2) is 4.98 Å². The van der Waals surface area contributed by atoms with Gasteiger partial charge in [-0.3, -0.25) is 4.79 Å². The van der Waals surface area contributed by atoms with E-state index in [4.69, 9.17) is 11.6 Å². The molecule has 1 aromatic heterocycles. The molecule has 2 aromatic rings. The molecule has 0 bridgehead atoms. The molecule has 0 saturated heterocycles. The monoisotopic (exact) mass is 307 g/mol. The van der Waals surface area contributed by atoms with Crippen LogP contribution in [0.5, 0.6) is 0 Å². The molecule has 1 amide bonds. The molecule has 21 heavy (non-hydrogen) atoms. The third-order valence-electron chi connectivity index (χ3n) is 3.43. The maximum absolute atomic E-state index is 11.9. The van der Waals surface area contributed by atoms with E-state index in [0.717, 1.165) is 11.4 Å². The third-order valence-corrected chi connectivity index (χ3v) is 3.68. The smallest absolute Gasteiger partial charge is 0.253 e. The maximum Gasteiger partial charge on any atom is 0.253 e. The van der Waals surface area contributed by atoms with Gasteiger partial charge < -0.3 is 15.0 Å². The highest BCUT2D eigenvalue weighted by Crippen LogP contribution is 2.16. The van der Waals surface area contributed by atoms with Gasteiger partial charge in [-0.1, -0.05) is 23.7 Å². The van der Waals surface area contributed by atoms with Crippen LogP contribution in [0.1, 0.15) is 23.1 Å². The number of aliphatic hydroxyl groups excluding tert-OH is 1. The summed E-state index contributed by atoms with van der Waals surface area (Å²) in [5.74, 6) is -0.424. The van der Waals surface area contributed by atoms with Crippen LogP contribution in [0.3, 0.4) is 0 Å². The first kappa shape index (κ1) is 15.5. The Kier molecular flexibility index (Phi) is 4.98. The van der Waals surface area contributed by atoms with Crippen molar-refractivity contribution in [1.29, 1.82) is 0 Å². The van der Waals surface area contributed by atoms with Gasteiger partial charge in [-0.15, -0.1) is 0 Å². The molecule has 2 N–H and O–H groups in total. The number of carbonyl (C=O) groups excluding carboxylic acids is 1. The highest BCUT2D eigenvalue weighted by Gasteiger charge is 2.16. The largest absolute Gasteiger partial charge is 0.378 e. The molecule has 5 nitrogen and oxygen atoms in total. The molecule has 0 aliphatic heterocycles. The lowest BCUT2D eigenvalue weighted by Gasteiger charge is -2.12. The Morgan fingerprint density at radius 1 is 1.38 bits per heavy atom. The zero-order chi connectivity index (χ0) is 15.4. The summed E-state index contributed by atoms with van der Waals surface area (Å²) >= 11 is 5.77. The average Bonchev–Trinajstić information content (AvgIpc) is 2.79. The van der Waals surface area contributed by atoms with Gasteiger partial charge in [0.05, 0.1) is 12.0 Å². The minimum atomic E-state index is -1.19. The highest BCUT2D eigenvalue weighted by atomic mass is 35.5. The van der Waals surface area contributed by atoms with E-state index in [1.165, 1.54) is 0 Å². The van der Waals surface area contributed by atoms with E-state index in [-0.39, 0.29) is 0 Å². The molecule has 0 aliphatic rings. The van der Waals surface area contributed by atoms with Crippen LogP contribution < -0.4 is 5.32 Å². The number of nitrogens with one attached hydrogen (secondary N) is 1. The zero-order valence-corrected chi connectivity index (χ0v) is 12.8. The fourth-order valence-electron chi connectivity index (χ4n) is 1.96. The molecule has 2 rings (SSSR count). The number of hydrogen-bond donors (Lipinski definition) is 2. The number of amides is 1. The second-order valence-electron chi connectivity index (χ2n) is 4.85. The predicted octanol–water partition coefficient (Wildman–Crippen LogP) is 2.00. The summed E-state index contributed by atoms with van der Waals surface area (Å²) in [6.07, 6.45) is 0.555. The average molecular weight is 308 g/mol. The van der Waals surface area contributed by atoms with Gasteiger partial charge in [0, 0.05) is 23.8 Å². The van der Waals surface area contributed by atoms with Crippen LogP contribution in [0, 0.1) is 13.8 Å². The van der Waals surface area contributed by atoms with Crippen LogP contribution in [-0.4, -0.2) is 27.1 Å². The summed E-state index contributed by atoms with van der Waals surface area (Å²) in [4.78, 5) is 16.1. The number of hydrogen-bond acceptors (Lipinski definition) is 3. The van der Waals surface area contributed by atoms with Crippen molar-refractivity contribution in [1.82, 2.24) is 14.9 Å². The van der Waals surface area contributed by atoms with E-state index in [9.17, 15) is 9.90 Å². The molecule has 1 aromatic carbocycles. The summed E-state index contributed by atoms with van der Waals surface area (Å²) in [7, 11) is 0. The summed E-state index contributed by atoms with van der Waals surface area (Å²) in [6, 6.07) is 6.56. The SMILES string of the molecule is Cc1ncn(CCNC(=O)[C@@H](O)c2ccc(Cl)cc2)c1C. The van der Waals surface area contributed by atoms with Crippen molar-refractivity contribution >= 4 is 17.5 Å². The minimum Gasteiger partial charge on any atom is -0.378 e. The van der Waals surface area contributed by atoms with E-state index in [1.807, 2.05) is 18.4 Å². The molecule has 1 atom stereocenters. The van der Waals surface area contributed by atoms with Gasteiger partial charge in [0.25, 0.3) is 5.91 Å². The van der Waals surface area contributed by atoms with Crippen LogP contribution in [0.4, 0.5) is 0 Å². The molecule has 1 heterocycles. The number of rotatable bonds is 5. The summed E-state index contributed by atoms with van der Waals surface area (Å²) in [5.41, 5.74) is 2.57. The van der Waals surface area contributed by atoms with Gasteiger partial charge in [-0.05, 0) is 31.5 Å². The Labute approximate surface area is 128 Å². The Morgan fingerprint density at radius 3 is 2.62 bits per heavy atom. The zero-order valence-electron chi connectivity index (χ0n) is 12.0. The Balaban J connectivity index is 1.87. The van der Waals surface area contributed by atoms with E-state index in [1.54, 1.807) is 30.6 Å². The lowest BCUT2D eigenvalue weighted by atomic mass is 10.1. The number of benzene rings is 1. The van der Waals surface area contributed by atoms with Crippen molar-refractivity contribution in [3.05, 3.63) is 52.6 Å². The van der Waals surface area contributed by atoms with Crippen molar-refractivity contribution in [3.8, 4) is 0 Å². The lowest BCUT2D eigenvalue weighted by Crippen LogP contribution is -2.32. The molecule has 0 radical (unpaired) electrons. The number of nitrogens with zero attached hydrogens (tertiary/aromatic N) is 2. The Morgan fingerprint density at radius 2 is 2.05 bits per heavy atom. The maximum atomic E-state index is 11.9. The van der Waals surface area contributed by atoms with Gasteiger partial charge in [-0.2, -0.15) is 0 Å². The van der Waals surface area contributed by atoms with Gasteiger partial charge in [0.1, 0.15) is 0 Å². The van der Waals surface area contributed by atoms with Gasteiger partial charge >= 0.3 is 0 Å². The second-order valence-corrected chi connectivity index (χ2v) is 5.29. The molecular weight excluding hydrogens is 290 g/mol. The molecule has 0 spiro atoms. The van der Waals surface area contributed by atoms with Crippen LogP contribution in [0.2, 0.25) is 5.02 Å². The molecule has 0 unspecified atom stereocenters. The van der Waals surface area contributed by atoms with Crippen LogP contribution in [0.25, 0.3) is 0 Å². The number of imidazole rings is 1. The topological polar surface area (TPSA) is 67.2 Å². The molecule has 0 fully saturated rings. The Bertz CT molecular complexity index is 622. The quantitative estimate of drug-likeness (QED) is 0.888. The first-order valence-corrected chi connectivity index (χ1v) is 7.06. The van der Waals surface area contributed by atoms with Crippen molar-refractivity contribution in [2.24, 2.45) is 0 Å². The fraction of sp³-hybridized carbons (Fsp3) is 0.333. The summed E-state index contributed by atoms with van der Waals surface area (Å²) < 4.78 is 1.96. The number of carbonyl (C=O) groups is 1. The molecule has 0 aliphatic carbocycles. The number of halogens is 1. The van der Waals surface area contributed by atoms with Crippen LogP contribution in [-0.2, 0) is 11.3 Å². The van der Waals surface area contributed by atoms with Crippen molar-refractivity contribution in [2.75, 3.05) is 6.54 Å². The Hall–Kier alpha value is -1.85. The van der Waals surface area contributed by atoms with Gasteiger partial charge in [0.15, 0.2) is 6.10 Å². The van der Waals surface area contributed by atoms with Gasteiger partial charge in [0.2, 0.25) is 0 Å². The molecule has 6 heteroatoms. The van der Waals surface area contributed by atoms with Crippen molar-refractivity contribution in [2.45, 2.75) is 26.5 Å². The standard InChI is InChI=1S/C15H18ClN3O2/c1-10-11(2)19(9-18-10)8-7-17-15(21)14(20)12-3-5-13(16)6-4-12/h3-6,9,14,20H,7-8H2,1-2H3,(H,17,21)/t14-/m0/s1. The molecular formula is C15H18ClN3O2. The first-order chi connectivity index (χ1) is 9.99. The second kappa shape index (κ2) is 6.74.